The molecule has 2 unspecified atom stereocenters. The number of rotatable bonds is 5. The van der Waals surface area contributed by atoms with E-state index in [9.17, 15) is 4.79 Å². The molecule has 0 bridgehead atoms. The van der Waals surface area contributed by atoms with Gasteiger partial charge in [0.2, 0.25) is 0 Å². The van der Waals surface area contributed by atoms with Gasteiger partial charge in [0.1, 0.15) is 6.33 Å². The van der Waals surface area contributed by atoms with Crippen molar-refractivity contribution < 1.29 is 9.53 Å². The third-order valence-corrected chi connectivity index (χ3v) is 6.32. The van der Waals surface area contributed by atoms with Gasteiger partial charge in [0, 0.05) is 36.3 Å². The van der Waals surface area contributed by atoms with Gasteiger partial charge in [0.05, 0.1) is 28.9 Å². The maximum Gasteiger partial charge on any atom is 0.257 e. The molecule has 2 aromatic heterocycles. The summed E-state index contributed by atoms with van der Waals surface area (Å²) in [4.78, 5) is 24.1. The highest BCUT2D eigenvalue weighted by molar-refractivity contribution is 7.14. The van der Waals surface area contributed by atoms with E-state index in [0.717, 1.165) is 42.0 Å². The second-order valence-corrected chi connectivity index (χ2v) is 9.06. The van der Waals surface area contributed by atoms with Gasteiger partial charge in [-0.1, -0.05) is 12.1 Å². The molecule has 5 rings (SSSR count). The molecule has 2 aromatic carbocycles. The fourth-order valence-electron chi connectivity index (χ4n) is 4.19. The summed E-state index contributed by atoms with van der Waals surface area (Å²) in [5.41, 5.74) is 4.49. The summed E-state index contributed by atoms with van der Waals surface area (Å²) in [6.07, 6.45) is 2.24. The van der Waals surface area contributed by atoms with E-state index in [0.29, 0.717) is 10.7 Å². The molecule has 1 N–H and O–H groups in total. The summed E-state index contributed by atoms with van der Waals surface area (Å²) in [5, 5.41) is 5.55. The molecular weight excluding hydrogens is 422 g/mol. The standard InChI is InChI=1S/C24H25N5O2S/c1-16-11-28(12-17(2)31-16)13-19-14-32-24(26-19)27-23(30)18-7-9-20(10-8-18)29-15-25-21-5-3-4-6-22(21)29/h3-10,14-17H,11-13H2,1-2H3,(H,26,27,30). The van der Waals surface area contributed by atoms with Gasteiger partial charge in [-0.2, -0.15) is 0 Å². The number of carbonyl (C=O) groups excluding carboxylic acids is 1. The van der Waals surface area contributed by atoms with E-state index >= 15 is 0 Å². The van der Waals surface area contributed by atoms with E-state index in [1.807, 2.05) is 58.5 Å². The SMILES string of the molecule is CC1CN(Cc2csc(NC(=O)c3ccc(-n4cnc5ccccc54)cc3)n2)CC(C)O1. The number of amides is 1. The van der Waals surface area contributed by atoms with Crippen LogP contribution in [0.5, 0.6) is 0 Å². The van der Waals surface area contributed by atoms with Gasteiger partial charge >= 0.3 is 0 Å². The largest absolute Gasteiger partial charge is 0.373 e. The Kier molecular flexibility index (Phi) is 5.73. The first-order chi connectivity index (χ1) is 15.5. The molecule has 164 valence electrons. The molecule has 0 aliphatic carbocycles. The zero-order valence-electron chi connectivity index (χ0n) is 18.1. The number of anilines is 1. The number of morpholine rings is 1. The number of benzene rings is 2. The van der Waals surface area contributed by atoms with Crippen LogP contribution in [0.1, 0.15) is 29.9 Å². The number of para-hydroxylation sites is 2. The first-order valence-electron chi connectivity index (χ1n) is 10.7. The van der Waals surface area contributed by atoms with Crippen LogP contribution in [0, 0.1) is 0 Å². The number of nitrogens with zero attached hydrogens (tertiary/aromatic N) is 4. The minimum Gasteiger partial charge on any atom is -0.373 e. The predicted molar refractivity (Wildman–Crippen MR) is 126 cm³/mol. The Balaban J connectivity index is 1.24. The molecule has 3 heterocycles. The van der Waals surface area contributed by atoms with E-state index in [-0.39, 0.29) is 18.1 Å². The van der Waals surface area contributed by atoms with Gasteiger partial charge in [-0.15, -0.1) is 11.3 Å². The van der Waals surface area contributed by atoms with Crippen LogP contribution in [0.4, 0.5) is 5.13 Å². The van der Waals surface area contributed by atoms with Crippen molar-refractivity contribution in [2.45, 2.75) is 32.6 Å². The summed E-state index contributed by atoms with van der Waals surface area (Å²) in [6.45, 7) is 6.73. The number of hydrogen-bond donors (Lipinski definition) is 1. The average Bonchev–Trinajstić information content (AvgIpc) is 3.40. The number of nitrogens with one attached hydrogen (secondary N) is 1. The number of ether oxygens (including phenoxy) is 1. The van der Waals surface area contributed by atoms with E-state index in [1.165, 1.54) is 11.3 Å². The van der Waals surface area contributed by atoms with E-state index < -0.39 is 0 Å². The topological polar surface area (TPSA) is 72.3 Å². The normalized spacial score (nSPS) is 19.3. The molecule has 8 heteroatoms. The summed E-state index contributed by atoms with van der Waals surface area (Å²) >= 11 is 1.45. The fraction of sp³-hybridized carbons (Fsp3) is 0.292. The van der Waals surface area contributed by atoms with E-state index in [4.69, 9.17) is 4.74 Å². The van der Waals surface area contributed by atoms with Gasteiger partial charge in [-0.3, -0.25) is 19.6 Å². The van der Waals surface area contributed by atoms with Crippen LogP contribution in [-0.4, -0.2) is 50.6 Å². The zero-order chi connectivity index (χ0) is 22.1. The van der Waals surface area contributed by atoms with Crippen LogP contribution in [0.3, 0.4) is 0 Å². The molecule has 7 nitrogen and oxygen atoms in total. The molecule has 0 spiro atoms. The maximum atomic E-state index is 12.7. The second-order valence-electron chi connectivity index (χ2n) is 8.20. The van der Waals surface area contributed by atoms with Crippen LogP contribution in [0.25, 0.3) is 16.7 Å². The van der Waals surface area contributed by atoms with Crippen molar-refractivity contribution in [3.8, 4) is 5.69 Å². The highest BCUT2D eigenvalue weighted by Gasteiger charge is 2.23. The highest BCUT2D eigenvalue weighted by Crippen LogP contribution is 2.21. The molecule has 1 aliphatic heterocycles. The van der Waals surface area contributed by atoms with Gasteiger partial charge in [-0.25, -0.2) is 9.97 Å². The van der Waals surface area contributed by atoms with E-state index in [1.54, 1.807) is 6.33 Å². The molecule has 1 saturated heterocycles. The third-order valence-electron chi connectivity index (χ3n) is 5.51. The van der Waals surface area contributed by atoms with E-state index in [2.05, 4.69) is 34.0 Å². The minimum absolute atomic E-state index is 0.165. The number of fused-ring (bicyclic) bond motifs is 1. The van der Waals surface area contributed by atoms with Gasteiger partial charge < -0.3 is 4.74 Å². The van der Waals surface area contributed by atoms with Crippen molar-refractivity contribution in [2.24, 2.45) is 0 Å². The van der Waals surface area contributed by atoms with Crippen molar-refractivity contribution in [3.63, 3.8) is 0 Å². The molecule has 32 heavy (non-hydrogen) atoms. The monoisotopic (exact) mass is 447 g/mol. The summed E-state index contributed by atoms with van der Waals surface area (Å²) in [5.74, 6) is -0.165. The second kappa shape index (κ2) is 8.82. The van der Waals surface area contributed by atoms with Crippen LogP contribution < -0.4 is 5.32 Å². The van der Waals surface area contributed by atoms with Crippen molar-refractivity contribution >= 4 is 33.4 Å². The highest BCUT2D eigenvalue weighted by atomic mass is 32.1. The molecule has 4 aromatic rings. The third kappa shape index (κ3) is 4.43. The number of carbonyl (C=O) groups is 1. The summed E-state index contributed by atoms with van der Waals surface area (Å²) in [7, 11) is 0. The lowest BCUT2D eigenvalue weighted by Gasteiger charge is -2.34. The van der Waals surface area contributed by atoms with Crippen molar-refractivity contribution in [1.82, 2.24) is 19.4 Å². The minimum atomic E-state index is -0.165. The Morgan fingerprint density at radius 1 is 1.12 bits per heavy atom. The van der Waals surface area contributed by atoms with Crippen molar-refractivity contribution in [2.75, 3.05) is 18.4 Å². The Morgan fingerprint density at radius 2 is 1.88 bits per heavy atom. The first kappa shape index (κ1) is 20.8. The Bertz CT molecular complexity index is 1220. The number of imidazole rings is 1. The van der Waals surface area contributed by atoms with Crippen LogP contribution in [0.15, 0.2) is 60.2 Å². The summed E-state index contributed by atoms with van der Waals surface area (Å²) in [6, 6.07) is 15.5. The molecule has 0 saturated carbocycles. The lowest BCUT2D eigenvalue weighted by atomic mass is 10.2. The molecule has 1 aliphatic rings. The lowest BCUT2D eigenvalue weighted by Crippen LogP contribution is -2.44. The fourth-order valence-corrected chi connectivity index (χ4v) is 4.88. The molecule has 1 amide bonds. The number of hydrogen-bond acceptors (Lipinski definition) is 6. The average molecular weight is 448 g/mol. The lowest BCUT2D eigenvalue weighted by molar-refractivity contribution is -0.0707. The Morgan fingerprint density at radius 3 is 2.66 bits per heavy atom. The molecule has 2 atom stereocenters. The number of thiazole rings is 1. The maximum absolute atomic E-state index is 12.7. The van der Waals surface area contributed by atoms with Crippen LogP contribution in [-0.2, 0) is 11.3 Å². The zero-order valence-corrected chi connectivity index (χ0v) is 18.9. The van der Waals surface area contributed by atoms with Gasteiger partial charge in [0.15, 0.2) is 5.13 Å². The van der Waals surface area contributed by atoms with Gasteiger partial charge in [0.25, 0.3) is 5.91 Å². The molecular formula is C24H25N5O2S. The van der Waals surface area contributed by atoms with Crippen LogP contribution >= 0.6 is 11.3 Å². The van der Waals surface area contributed by atoms with Crippen molar-refractivity contribution in [1.29, 1.82) is 0 Å². The van der Waals surface area contributed by atoms with Gasteiger partial charge in [-0.05, 0) is 50.2 Å². The Hall–Kier alpha value is -3.07. The Labute approximate surface area is 190 Å². The smallest absolute Gasteiger partial charge is 0.257 e. The number of aromatic nitrogens is 3. The predicted octanol–water partition coefficient (Wildman–Crippen LogP) is 4.34. The quantitative estimate of drug-likeness (QED) is 0.493. The van der Waals surface area contributed by atoms with Crippen molar-refractivity contribution in [3.05, 3.63) is 71.5 Å². The molecule has 1 fully saturated rings. The first-order valence-corrected chi connectivity index (χ1v) is 11.6. The van der Waals surface area contributed by atoms with Crippen LogP contribution in [0.2, 0.25) is 0 Å². The molecule has 0 radical (unpaired) electrons. The summed E-state index contributed by atoms with van der Waals surface area (Å²) < 4.78 is 7.80.